The van der Waals surface area contributed by atoms with Gasteiger partial charge in [-0.25, -0.2) is 0 Å². The first-order chi connectivity index (χ1) is 14.1. The van der Waals surface area contributed by atoms with Gasteiger partial charge in [0.25, 0.3) is 0 Å². The minimum Gasteiger partial charge on any atom is -0.494 e. The Kier molecular flexibility index (Phi) is 7.08. The molecule has 1 N–H and O–H groups in total. The van der Waals surface area contributed by atoms with Crippen LogP contribution in [0.4, 0.5) is 17.1 Å². The van der Waals surface area contributed by atoms with Crippen molar-refractivity contribution in [3.63, 3.8) is 0 Å². The maximum Gasteiger partial charge on any atom is 0.244 e. The largest absolute Gasteiger partial charge is 0.494 e. The molecule has 2 amide bonds. The summed E-state index contributed by atoms with van der Waals surface area (Å²) in [5.74, 6) is 0.295. The Morgan fingerprint density at radius 1 is 1.10 bits per heavy atom. The van der Waals surface area contributed by atoms with Gasteiger partial charge in [-0.3, -0.25) is 9.59 Å². The predicted octanol–water partition coefficient (Wildman–Crippen LogP) is 2.91. The lowest BCUT2D eigenvalue weighted by atomic mass is 10.2. The molecule has 154 valence electrons. The molecule has 1 aliphatic rings. The highest BCUT2D eigenvalue weighted by molar-refractivity contribution is 6.03. The summed E-state index contributed by atoms with van der Waals surface area (Å²) in [5, 5.41) is 2.84. The molecule has 29 heavy (non-hydrogen) atoms. The highest BCUT2D eigenvalue weighted by Crippen LogP contribution is 2.30. The van der Waals surface area contributed by atoms with Gasteiger partial charge in [0.15, 0.2) is 0 Å². The summed E-state index contributed by atoms with van der Waals surface area (Å²) in [7, 11) is 0. The molecule has 1 saturated heterocycles. The molecule has 1 aliphatic heterocycles. The summed E-state index contributed by atoms with van der Waals surface area (Å²) in [6.07, 6.45) is 0. The quantitative estimate of drug-likeness (QED) is 0.778. The molecule has 0 unspecified atom stereocenters. The van der Waals surface area contributed by atoms with Crippen LogP contribution < -0.4 is 19.9 Å². The average molecular weight is 397 g/mol. The number of rotatable bonds is 7. The number of para-hydroxylation sites is 2. The van der Waals surface area contributed by atoms with Crippen LogP contribution in [0.5, 0.6) is 5.75 Å². The normalized spacial score (nSPS) is 13.7. The van der Waals surface area contributed by atoms with E-state index in [1.54, 1.807) is 24.3 Å². The van der Waals surface area contributed by atoms with E-state index in [4.69, 9.17) is 9.47 Å². The second kappa shape index (κ2) is 9.93. The van der Waals surface area contributed by atoms with E-state index in [2.05, 4.69) is 10.2 Å². The van der Waals surface area contributed by atoms with E-state index < -0.39 is 0 Å². The molecule has 3 rings (SSSR count). The van der Waals surface area contributed by atoms with Crippen molar-refractivity contribution in [2.45, 2.75) is 13.8 Å². The van der Waals surface area contributed by atoms with E-state index in [1.807, 2.05) is 31.2 Å². The van der Waals surface area contributed by atoms with Gasteiger partial charge in [-0.15, -0.1) is 0 Å². The third-order valence-electron chi connectivity index (χ3n) is 4.66. The Bertz CT molecular complexity index is 832. The fourth-order valence-electron chi connectivity index (χ4n) is 3.28. The topological polar surface area (TPSA) is 71.1 Å². The van der Waals surface area contributed by atoms with Gasteiger partial charge in [0.2, 0.25) is 11.8 Å². The molecule has 0 bridgehead atoms. The van der Waals surface area contributed by atoms with Crippen LogP contribution in [0.1, 0.15) is 13.8 Å². The summed E-state index contributed by atoms with van der Waals surface area (Å²) in [6, 6.07) is 14.8. The number of hydrogen-bond donors (Lipinski definition) is 1. The average Bonchev–Trinajstić information content (AvgIpc) is 2.74. The number of ether oxygens (including phenoxy) is 2. The number of benzene rings is 2. The second-order valence-electron chi connectivity index (χ2n) is 6.70. The smallest absolute Gasteiger partial charge is 0.244 e. The summed E-state index contributed by atoms with van der Waals surface area (Å²) in [4.78, 5) is 28.7. The minimum absolute atomic E-state index is 0.0656. The van der Waals surface area contributed by atoms with Gasteiger partial charge in [-0.2, -0.15) is 0 Å². The highest BCUT2D eigenvalue weighted by Gasteiger charge is 2.22. The standard InChI is InChI=1S/C22H27N3O4/c1-3-29-19-10-8-18(9-11-19)23-22(27)16-25(17(2)26)21-7-5-4-6-20(21)24-12-14-28-15-13-24/h4-11H,3,12-16H2,1-2H3,(H,23,27). The Morgan fingerprint density at radius 2 is 1.79 bits per heavy atom. The number of morpholine rings is 1. The van der Waals surface area contributed by atoms with Crippen LogP contribution in [-0.2, 0) is 14.3 Å². The van der Waals surface area contributed by atoms with Gasteiger partial charge in [0.05, 0.1) is 31.2 Å². The molecule has 0 radical (unpaired) electrons. The molecule has 0 aromatic heterocycles. The van der Waals surface area contributed by atoms with Gasteiger partial charge in [0.1, 0.15) is 12.3 Å². The lowest BCUT2D eigenvalue weighted by molar-refractivity contribution is -0.120. The first kappa shape index (κ1) is 20.7. The maximum absolute atomic E-state index is 12.6. The summed E-state index contributed by atoms with van der Waals surface area (Å²) < 4.78 is 10.8. The minimum atomic E-state index is -0.263. The van der Waals surface area contributed by atoms with Crippen LogP contribution in [0.3, 0.4) is 0 Å². The van der Waals surface area contributed by atoms with E-state index in [0.29, 0.717) is 25.5 Å². The molecule has 1 heterocycles. The van der Waals surface area contributed by atoms with Crippen molar-refractivity contribution in [2.24, 2.45) is 0 Å². The summed E-state index contributed by atoms with van der Waals surface area (Å²) in [5.41, 5.74) is 2.31. The van der Waals surface area contributed by atoms with E-state index in [0.717, 1.165) is 30.2 Å². The van der Waals surface area contributed by atoms with Crippen molar-refractivity contribution in [2.75, 3.05) is 54.6 Å². The number of amides is 2. The number of carbonyl (C=O) groups is 2. The van der Waals surface area contributed by atoms with Gasteiger partial charge >= 0.3 is 0 Å². The zero-order valence-electron chi connectivity index (χ0n) is 16.9. The van der Waals surface area contributed by atoms with E-state index in [9.17, 15) is 9.59 Å². The van der Waals surface area contributed by atoms with Crippen molar-refractivity contribution in [1.29, 1.82) is 0 Å². The SMILES string of the molecule is CCOc1ccc(NC(=O)CN(C(C)=O)c2ccccc2N2CCOCC2)cc1. The van der Waals surface area contributed by atoms with Crippen LogP contribution in [0, 0.1) is 0 Å². The third-order valence-corrected chi connectivity index (χ3v) is 4.66. The molecular weight excluding hydrogens is 370 g/mol. The molecule has 0 spiro atoms. The van der Waals surface area contributed by atoms with Crippen molar-refractivity contribution in [1.82, 2.24) is 0 Å². The van der Waals surface area contributed by atoms with Gasteiger partial charge in [-0.05, 0) is 43.3 Å². The lowest BCUT2D eigenvalue weighted by Crippen LogP contribution is -2.40. The Hall–Kier alpha value is -3.06. The number of nitrogens with zero attached hydrogens (tertiary/aromatic N) is 2. The second-order valence-corrected chi connectivity index (χ2v) is 6.70. The molecule has 0 saturated carbocycles. The predicted molar refractivity (Wildman–Crippen MR) is 114 cm³/mol. The van der Waals surface area contributed by atoms with Crippen LogP contribution in [-0.4, -0.2) is 51.3 Å². The van der Waals surface area contributed by atoms with Crippen molar-refractivity contribution < 1.29 is 19.1 Å². The fourth-order valence-corrected chi connectivity index (χ4v) is 3.28. The molecule has 2 aromatic rings. The number of carbonyl (C=O) groups excluding carboxylic acids is 2. The fraction of sp³-hybridized carbons (Fsp3) is 0.364. The van der Waals surface area contributed by atoms with Crippen molar-refractivity contribution in [3.05, 3.63) is 48.5 Å². The van der Waals surface area contributed by atoms with E-state index in [-0.39, 0.29) is 18.4 Å². The molecule has 2 aromatic carbocycles. The molecule has 7 heteroatoms. The van der Waals surface area contributed by atoms with Crippen molar-refractivity contribution in [3.8, 4) is 5.75 Å². The molecule has 7 nitrogen and oxygen atoms in total. The van der Waals surface area contributed by atoms with Gasteiger partial charge < -0.3 is 24.6 Å². The number of anilines is 3. The molecule has 0 atom stereocenters. The van der Waals surface area contributed by atoms with Crippen LogP contribution in [0.15, 0.2) is 48.5 Å². The number of hydrogen-bond acceptors (Lipinski definition) is 5. The van der Waals surface area contributed by atoms with Gasteiger partial charge in [-0.1, -0.05) is 12.1 Å². The van der Waals surface area contributed by atoms with E-state index in [1.165, 1.54) is 11.8 Å². The highest BCUT2D eigenvalue weighted by atomic mass is 16.5. The molecule has 1 fully saturated rings. The monoisotopic (exact) mass is 397 g/mol. The summed E-state index contributed by atoms with van der Waals surface area (Å²) in [6.45, 7) is 6.70. The lowest BCUT2D eigenvalue weighted by Gasteiger charge is -2.33. The van der Waals surface area contributed by atoms with E-state index >= 15 is 0 Å². The maximum atomic E-state index is 12.6. The molecule has 0 aliphatic carbocycles. The first-order valence-electron chi connectivity index (χ1n) is 9.81. The zero-order valence-corrected chi connectivity index (χ0v) is 16.9. The van der Waals surface area contributed by atoms with Crippen LogP contribution in [0.2, 0.25) is 0 Å². The third kappa shape index (κ3) is 5.48. The van der Waals surface area contributed by atoms with Crippen LogP contribution in [0.25, 0.3) is 0 Å². The summed E-state index contributed by atoms with van der Waals surface area (Å²) >= 11 is 0. The van der Waals surface area contributed by atoms with Crippen LogP contribution >= 0.6 is 0 Å². The van der Waals surface area contributed by atoms with Gasteiger partial charge in [0, 0.05) is 25.7 Å². The first-order valence-corrected chi connectivity index (χ1v) is 9.81. The Labute approximate surface area is 171 Å². The Morgan fingerprint density at radius 3 is 2.45 bits per heavy atom. The zero-order chi connectivity index (χ0) is 20.6. The van der Waals surface area contributed by atoms with Crippen molar-refractivity contribution >= 4 is 28.9 Å². The number of nitrogens with one attached hydrogen (secondary N) is 1. The molecular formula is C22H27N3O4. The Balaban J connectivity index is 1.73.